The summed E-state index contributed by atoms with van der Waals surface area (Å²) in [5.74, 6) is -3.85. The molecule has 12 heteroatoms. The van der Waals surface area contributed by atoms with Crippen molar-refractivity contribution in [2.45, 2.75) is 63.6 Å². The lowest BCUT2D eigenvalue weighted by Gasteiger charge is -2.63. The number of hydrogen-bond donors (Lipinski definition) is 1. The van der Waals surface area contributed by atoms with E-state index >= 15 is 8.78 Å². The van der Waals surface area contributed by atoms with Crippen molar-refractivity contribution in [1.82, 2.24) is 0 Å². The number of methoxy groups -OCH3 is 1. The number of nitrogens with zero attached hydrogens (tertiary/aromatic N) is 1. The maximum Gasteiger partial charge on any atom is 0.343 e. The Morgan fingerprint density at radius 1 is 1.32 bits per heavy atom. The van der Waals surface area contributed by atoms with Crippen LogP contribution < -0.4 is 4.74 Å². The topological polar surface area (TPSA) is 114 Å². The van der Waals surface area contributed by atoms with Gasteiger partial charge in [-0.25, -0.2) is 13.6 Å². The van der Waals surface area contributed by atoms with Crippen molar-refractivity contribution in [3.8, 4) is 11.8 Å². The quantitative estimate of drug-likeness (QED) is 0.418. The van der Waals surface area contributed by atoms with Gasteiger partial charge >= 0.3 is 5.97 Å². The molecular weight excluding hydrogens is 596 g/mol. The van der Waals surface area contributed by atoms with E-state index in [1.807, 2.05) is 6.07 Å². The van der Waals surface area contributed by atoms with Crippen LogP contribution in [0.4, 0.5) is 8.78 Å². The molecule has 0 spiro atoms. The Labute approximate surface area is 249 Å². The maximum absolute atomic E-state index is 17.6. The highest BCUT2D eigenvalue weighted by atomic mass is 35.5. The van der Waals surface area contributed by atoms with E-state index in [1.54, 1.807) is 13.8 Å². The molecule has 2 unspecified atom stereocenters. The fraction of sp³-hybridized carbons (Fsp3) is 0.586. The highest BCUT2D eigenvalue weighted by Crippen LogP contribution is 2.72. The Hall–Kier alpha value is -2.26. The van der Waals surface area contributed by atoms with E-state index in [1.165, 1.54) is 31.6 Å². The van der Waals surface area contributed by atoms with Crippen LogP contribution in [0.3, 0.4) is 0 Å². The van der Waals surface area contributed by atoms with Gasteiger partial charge in [0.15, 0.2) is 22.8 Å². The first-order chi connectivity index (χ1) is 19.2. The Balaban J connectivity index is 1.64. The third-order valence-corrected chi connectivity index (χ3v) is 12.1. The highest BCUT2D eigenvalue weighted by Gasteiger charge is 2.78. The Kier molecular flexibility index (Phi) is 7.50. The van der Waals surface area contributed by atoms with E-state index in [9.17, 15) is 24.8 Å². The summed E-state index contributed by atoms with van der Waals surface area (Å²) in [6.07, 6.45) is -0.0381. The summed E-state index contributed by atoms with van der Waals surface area (Å²) in [7, 11) is 1.34. The fourth-order valence-corrected chi connectivity index (χ4v) is 10.2. The molecule has 1 aromatic heterocycles. The van der Waals surface area contributed by atoms with Crippen LogP contribution >= 0.6 is 34.7 Å². The summed E-state index contributed by atoms with van der Waals surface area (Å²) in [5, 5.41) is 21.7. The molecule has 0 bridgehead atoms. The maximum atomic E-state index is 17.6. The Morgan fingerprint density at radius 3 is 2.68 bits per heavy atom. The number of ether oxygens (including phenoxy) is 2. The van der Waals surface area contributed by atoms with Crippen LogP contribution in [-0.2, 0) is 14.3 Å². The summed E-state index contributed by atoms with van der Waals surface area (Å²) in [4.78, 5) is 39.8. The summed E-state index contributed by atoms with van der Waals surface area (Å²) < 4.78 is 45.0. The number of carbonyl (C=O) groups excluding carboxylic acids is 3. The first-order valence-corrected chi connectivity index (χ1v) is 15.5. The van der Waals surface area contributed by atoms with Crippen molar-refractivity contribution in [2.24, 2.45) is 28.6 Å². The second kappa shape index (κ2) is 10.2. The van der Waals surface area contributed by atoms with Crippen LogP contribution in [0.1, 0.15) is 50.4 Å². The molecule has 0 aliphatic heterocycles. The standard InChI is InChI=1S/C29H30ClF2NO6S2/c1-14-9-17-18-11-20(31)19-10-15(34)5-6-26(19,2)28(18,32)21(35)12-27(17,3)29(14,25(37)40-8-7-33)39-24(36)16-13-41-23(30)22(16)38-4/h5-6,10,13-14,17-18,20-21,35H,8-9,11-12H2,1-4H3/t14-,17?,18?,20+,21+,26+,27+,28+,29+/m1/s1. The first-order valence-electron chi connectivity index (χ1n) is 13.3. The van der Waals surface area contributed by atoms with Crippen LogP contribution in [0.5, 0.6) is 5.75 Å². The second-order valence-electron chi connectivity index (χ2n) is 11.8. The second-order valence-corrected chi connectivity index (χ2v) is 14.2. The average Bonchev–Trinajstić information content (AvgIpc) is 3.40. The molecule has 41 heavy (non-hydrogen) atoms. The number of esters is 1. The number of thiophene rings is 1. The Bertz CT molecular complexity index is 1420. The molecular formula is C29H30ClF2NO6S2. The Morgan fingerprint density at radius 2 is 2.02 bits per heavy atom. The molecule has 7 nitrogen and oxygen atoms in total. The molecule has 220 valence electrons. The molecule has 4 aliphatic carbocycles. The van der Waals surface area contributed by atoms with Gasteiger partial charge in [0.2, 0.25) is 5.12 Å². The lowest BCUT2D eigenvalue weighted by Crippen LogP contribution is -2.70. The van der Waals surface area contributed by atoms with Crippen molar-refractivity contribution in [2.75, 3.05) is 12.9 Å². The number of allylic oxidation sites excluding steroid dienone is 4. The molecule has 0 radical (unpaired) electrons. The lowest BCUT2D eigenvalue weighted by atomic mass is 9.44. The highest BCUT2D eigenvalue weighted by molar-refractivity contribution is 8.14. The number of alkyl halides is 2. The number of halogens is 3. The summed E-state index contributed by atoms with van der Waals surface area (Å²) in [6, 6.07) is 1.92. The number of aliphatic hydroxyl groups is 1. The zero-order chi connectivity index (χ0) is 30.1. The van der Waals surface area contributed by atoms with E-state index in [4.69, 9.17) is 21.1 Å². The predicted octanol–water partition coefficient (Wildman–Crippen LogP) is 5.65. The van der Waals surface area contributed by atoms with Gasteiger partial charge in [-0.3, -0.25) is 9.59 Å². The number of ketones is 1. The van der Waals surface area contributed by atoms with Gasteiger partial charge in [0.25, 0.3) is 0 Å². The third-order valence-electron chi connectivity index (χ3n) is 10.1. The summed E-state index contributed by atoms with van der Waals surface area (Å²) in [6.45, 7) is 4.90. The molecule has 1 aromatic rings. The molecule has 9 atom stereocenters. The van der Waals surface area contributed by atoms with Crippen LogP contribution in [0, 0.1) is 39.9 Å². The van der Waals surface area contributed by atoms with Crippen molar-refractivity contribution in [3.63, 3.8) is 0 Å². The van der Waals surface area contributed by atoms with Gasteiger partial charge in [0, 0.05) is 28.0 Å². The van der Waals surface area contributed by atoms with Crippen LogP contribution in [-0.4, -0.2) is 58.4 Å². The smallest absolute Gasteiger partial charge is 0.343 e. The zero-order valence-electron chi connectivity index (χ0n) is 22.9. The minimum atomic E-state index is -2.35. The van der Waals surface area contributed by atoms with Crippen LogP contribution in [0.15, 0.2) is 29.2 Å². The van der Waals surface area contributed by atoms with Gasteiger partial charge in [0.05, 0.1) is 25.0 Å². The van der Waals surface area contributed by atoms with Gasteiger partial charge in [-0.05, 0) is 49.8 Å². The van der Waals surface area contributed by atoms with Crippen molar-refractivity contribution in [3.05, 3.63) is 39.1 Å². The van der Waals surface area contributed by atoms with Gasteiger partial charge < -0.3 is 14.6 Å². The molecule has 0 aromatic carbocycles. The molecule has 5 rings (SSSR count). The van der Waals surface area contributed by atoms with Gasteiger partial charge in [-0.2, -0.15) is 5.26 Å². The average molecular weight is 626 g/mol. The third kappa shape index (κ3) is 3.93. The molecule has 1 heterocycles. The molecule has 0 amide bonds. The number of rotatable bonds is 5. The van der Waals surface area contributed by atoms with E-state index in [0.717, 1.165) is 17.4 Å². The number of carbonyl (C=O) groups is 3. The molecule has 3 fully saturated rings. The van der Waals surface area contributed by atoms with Gasteiger partial charge in [-0.15, -0.1) is 11.3 Å². The first kappa shape index (κ1) is 30.2. The largest absolute Gasteiger partial charge is 0.493 e. The minimum absolute atomic E-state index is 0.00257. The van der Waals surface area contributed by atoms with E-state index in [2.05, 4.69) is 0 Å². The molecule has 0 saturated heterocycles. The zero-order valence-corrected chi connectivity index (χ0v) is 25.3. The van der Waals surface area contributed by atoms with Crippen LogP contribution in [0.2, 0.25) is 4.34 Å². The van der Waals surface area contributed by atoms with E-state index in [-0.39, 0.29) is 46.2 Å². The van der Waals surface area contributed by atoms with Gasteiger partial charge in [-0.1, -0.05) is 43.3 Å². The minimum Gasteiger partial charge on any atom is -0.493 e. The number of hydrogen-bond acceptors (Lipinski definition) is 9. The number of aliphatic hydroxyl groups excluding tert-OH is 1. The van der Waals surface area contributed by atoms with Crippen molar-refractivity contribution < 1.29 is 37.7 Å². The monoisotopic (exact) mass is 625 g/mol. The summed E-state index contributed by atoms with van der Waals surface area (Å²) >= 11 is 7.92. The van der Waals surface area contributed by atoms with Crippen molar-refractivity contribution in [1.29, 1.82) is 5.26 Å². The number of thioether (sulfide) groups is 1. The van der Waals surface area contributed by atoms with Crippen LogP contribution in [0.25, 0.3) is 0 Å². The molecule has 3 saturated carbocycles. The SMILES string of the molecule is COc1c(C(=O)O[C@]2(C(=O)SCC#N)[C@H](C)CC3C4C[C@H](F)C5=CC(=O)C=C[C@]5(C)[C@@]4(F)[C@@H](O)C[C@@]32C)csc1Cl. The van der Waals surface area contributed by atoms with Gasteiger partial charge in [0.1, 0.15) is 16.1 Å². The normalized spacial score (nSPS) is 41.0. The predicted molar refractivity (Wildman–Crippen MR) is 150 cm³/mol. The summed E-state index contributed by atoms with van der Waals surface area (Å²) in [5.41, 5.74) is -7.13. The lowest BCUT2D eigenvalue weighted by molar-refractivity contribution is -0.221. The number of nitriles is 1. The molecule has 4 aliphatic rings. The fourth-order valence-electron chi connectivity index (χ4n) is 8.28. The van der Waals surface area contributed by atoms with Crippen molar-refractivity contribution >= 4 is 51.6 Å². The van der Waals surface area contributed by atoms with E-state index in [0.29, 0.717) is 11.8 Å². The van der Waals surface area contributed by atoms with E-state index < -0.39 is 69.0 Å². The number of fused-ring (bicyclic) bond motifs is 5. The molecule has 1 N–H and O–H groups in total.